The van der Waals surface area contributed by atoms with Gasteiger partial charge in [-0.15, -0.1) is 0 Å². The Morgan fingerprint density at radius 2 is 2.08 bits per heavy atom. The van der Waals surface area contributed by atoms with E-state index in [-0.39, 0.29) is 0 Å². The molecule has 1 fully saturated rings. The van der Waals surface area contributed by atoms with Gasteiger partial charge in [-0.25, -0.2) is 4.98 Å². The van der Waals surface area contributed by atoms with E-state index in [4.69, 9.17) is 28.9 Å². The standard InChI is InChI=1S/C8H8Cl2N2/c9-5-3-6(4-1-2-4)12-8(10)7(5)11/h3-4H,1-2,11H2. The Morgan fingerprint density at radius 1 is 1.42 bits per heavy atom. The molecule has 0 amide bonds. The van der Waals surface area contributed by atoms with Gasteiger partial charge in [-0.2, -0.15) is 0 Å². The van der Waals surface area contributed by atoms with Gasteiger partial charge < -0.3 is 5.73 Å². The third-order valence-electron chi connectivity index (χ3n) is 1.98. The number of aromatic nitrogens is 1. The molecule has 12 heavy (non-hydrogen) atoms. The summed E-state index contributed by atoms with van der Waals surface area (Å²) >= 11 is 11.6. The first-order chi connectivity index (χ1) is 5.68. The number of nitrogen functional groups attached to an aromatic ring is 1. The summed E-state index contributed by atoms with van der Waals surface area (Å²) in [5, 5.41) is 0.835. The van der Waals surface area contributed by atoms with Crippen LogP contribution in [0.4, 0.5) is 5.69 Å². The van der Waals surface area contributed by atoms with Gasteiger partial charge in [0.15, 0.2) is 5.15 Å². The molecular weight excluding hydrogens is 195 g/mol. The van der Waals surface area contributed by atoms with Crippen LogP contribution in [0.1, 0.15) is 24.5 Å². The van der Waals surface area contributed by atoms with E-state index in [1.807, 2.05) is 0 Å². The molecule has 0 bridgehead atoms. The number of pyridine rings is 1. The van der Waals surface area contributed by atoms with Gasteiger partial charge in [0.25, 0.3) is 0 Å². The molecule has 0 aromatic carbocycles. The largest absolute Gasteiger partial charge is 0.395 e. The molecule has 1 aliphatic carbocycles. The molecule has 2 rings (SSSR count). The molecule has 1 saturated carbocycles. The van der Waals surface area contributed by atoms with Gasteiger partial charge in [0.2, 0.25) is 0 Å². The van der Waals surface area contributed by atoms with Crippen molar-refractivity contribution in [2.75, 3.05) is 5.73 Å². The van der Waals surface area contributed by atoms with Crippen molar-refractivity contribution in [1.29, 1.82) is 0 Å². The molecule has 1 aromatic rings. The highest BCUT2D eigenvalue weighted by Gasteiger charge is 2.26. The lowest BCUT2D eigenvalue weighted by Crippen LogP contribution is -1.94. The van der Waals surface area contributed by atoms with Crippen molar-refractivity contribution >= 4 is 28.9 Å². The topological polar surface area (TPSA) is 38.9 Å². The average molecular weight is 203 g/mol. The van der Waals surface area contributed by atoms with Crippen LogP contribution >= 0.6 is 23.2 Å². The van der Waals surface area contributed by atoms with Gasteiger partial charge in [-0.1, -0.05) is 23.2 Å². The van der Waals surface area contributed by atoms with Crippen LogP contribution in [0, 0.1) is 0 Å². The zero-order valence-electron chi connectivity index (χ0n) is 6.35. The van der Waals surface area contributed by atoms with Crippen LogP contribution in [0.2, 0.25) is 10.2 Å². The van der Waals surface area contributed by atoms with Gasteiger partial charge in [0.05, 0.1) is 10.7 Å². The fraction of sp³-hybridized carbons (Fsp3) is 0.375. The number of hydrogen-bond acceptors (Lipinski definition) is 2. The number of nitrogens with zero attached hydrogens (tertiary/aromatic N) is 1. The molecule has 0 unspecified atom stereocenters. The Hall–Kier alpha value is -0.470. The van der Waals surface area contributed by atoms with E-state index in [1.54, 1.807) is 6.07 Å². The van der Waals surface area contributed by atoms with Crippen LogP contribution < -0.4 is 5.73 Å². The summed E-state index contributed by atoms with van der Waals surface area (Å²) in [7, 11) is 0. The van der Waals surface area contributed by atoms with Gasteiger partial charge in [-0.3, -0.25) is 0 Å². The van der Waals surface area contributed by atoms with Crippen LogP contribution in [0.25, 0.3) is 0 Å². The quantitative estimate of drug-likeness (QED) is 0.712. The predicted octanol–water partition coefficient (Wildman–Crippen LogP) is 2.85. The molecule has 1 heterocycles. The van der Waals surface area contributed by atoms with E-state index >= 15 is 0 Å². The van der Waals surface area contributed by atoms with Crippen LogP contribution in [-0.2, 0) is 0 Å². The van der Waals surface area contributed by atoms with E-state index in [2.05, 4.69) is 4.98 Å². The van der Waals surface area contributed by atoms with Gasteiger partial charge in [-0.05, 0) is 18.9 Å². The molecular formula is C8H8Cl2N2. The molecule has 0 saturated heterocycles. The summed E-state index contributed by atoms with van der Waals surface area (Å²) in [5.41, 5.74) is 6.89. The minimum absolute atomic E-state index is 0.324. The molecule has 0 spiro atoms. The van der Waals surface area contributed by atoms with Crippen molar-refractivity contribution in [3.05, 3.63) is 21.9 Å². The summed E-state index contributed by atoms with van der Waals surface area (Å²) in [6, 6.07) is 1.81. The molecule has 2 N–H and O–H groups in total. The number of halogens is 2. The molecule has 2 nitrogen and oxygen atoms in total. The predicted molar refractivity (Wildman–Crippen MR) is 50.6 cm³/mol. The van der Waals surface area contributed by atoms with Gasteiger partial charge in [0.1, 0.15) is 0 Å². The molecule has 4 heteroatoms. The van der Waals surface area contributed by atoms with Gasteiger partial charge >= 0.3 is 0 Å². The first-order valence-electron chi connectivity index (χ1n) is 3.80. The summed E-state index contributed by atoms with van der Waals surface area (Å²) < 4.78 is 0. The lowest BCUT2D eigenvalue weighted by molar-refractivity contribution is 1.03. The highest BCUT2D eigenvalue weighted by atomic mass is 35.5. The zero-order valence-corrected chi connectivity index (χ0v) is 7.86. The molecule has 1 aromatic heterocycles. The first kappa shape index (κ1) is 8.14. The fourth-order valence-corrected chi connectivity index (χ4v) is 1.55. The second-order valence-corrected chi connectivity index (χ2v) is 3.77. The maximum Gasteiger partial charge on any atom is 0.153 e. The Labute approximate surface area is 80.7 Å². The third-order valence-corrected chi connectivity index (χ3v) is 2.58. The summed E-state index contributed by atoms with van der Waals surface area (Å²) in [4.78, 5) is 4.15. The highest BCUT2D eigenvalue weighted by molar-refractivity contribution is 6.38. The molecule has 0 radical (unpaired) electrons. The van der Waals surface area contributed by atoms with E-state index in [1.165, 1.54) is 12.8 Å². The molecule has 0 atom stereocenters. The SMILES string of the molecule is Nc1c(Cl)cc(C2CC2)nc1Cl. The van der Waals surface area contributed by atoms with Crippen molar-refractivity contribution in [2.45, 2.75) is 18.8 Å². The van der Waals surface area contributed by atoms with Crippen molar-refractivity contribution in [3.63, 3.8) is 0 Å². The number of nitrogens with two attached hydrogens (primary N) is 1. The zero-order chi connectivity index (χ0) is 8.72. The van der Waals surface area contributed by atoms with Crippen molar-refractivity contribution in [2.24, 2.45) is 0 Å². The Balaban J connectivity index is 2.45. The molecule has 1 aliphatic rings. The van der Waals surface area contributed by atoms with Crippen molar-refractivity contribution < 1.29 is 0 Å². The minimum atomic E-state index is 0.324. The number of rotatable bonds is 1. The average Bonchev–Trinajstić information content (AvgIpc) is 2.81. The molecule has 0 aliphatic heterocycles. The van der Waals surface area contributed by atoms with Crippen molar-refractivity contribution in [3.8, 4) is 0 Å². The Bertz CT molecular complexity index is 298. The normalized spacial score (nSPS) is 16.5. The smallest absolute Gasteiger partial charge is 0.153 e. The van der Waals surface area contributed by atoms with Crippen molar-refractivity contribution in [1.82, 2.24) is 4.98 Å². The van der Waals surface area contributed by atoms with Gasteiger partial charge in [0, 0.05) is 11.6 Å². The number of anilines is 1. The maximum atomic E-state index is 5.84. The van der Waals surface area contributed by atoms with Crippen LogP contribution in [0.3, 0.4) is 0 Å². The highest BCUT2D eigenvalue weighted by Crippen LogP contribution is 2.41. The monoisotopic (exact) mass is 202 g/mol. The maximum absolute atomic E-state index is 5.84. The fourth-order valence-electron chi connectivity index (χ4n) is 1.10. The summed E-state index contributed by atoms with van der Waals surface area (Å²) in [6.07, 6.45) is 2.37. The van der Waals surface area contributed by atoms with E-state index in [9.17, 15) is 0 Å². The summed E-state index contributed by atoms with van der Waals surface area (Å²) in [6.45, 7) is 0. The van der Waals surface area contributed by atoms with E-state index in [0.29, 0.717) is 21.8 Å². The third kappa shape index (κ3) is 1.37. The second kappa shape index (κ2) is 2.79. The van der Waals surface area contributed by atoms with Crippen LogP contribution in [0.5, 0.6) is 0 Å². The lowest BCUT2D eigenvalue weighted by atomic mass is 10.2. The first-order valence-corrected chi connectivity index (χ1v) is 4.55. The summed E-state index contributed by atoms with van der Waals surface area (Å²) in [5.74, 6) is 0.556. The molecule has 64 valence electrons. The minimum Gasteiger partial charge on any atom is -0.395 e. The number of hydrogen-bond donors (Lipinski definition) is 1. The second-order valence-electron chi connectivity index (χ2n) is 3.01. The lowest BCUT2D eigenvalue weighted by Gasteiger charge is -2.03. The van der Waals surface area contributed by atoms with Crippen LogP contribution in [-0.4, -0.2) is 4.98 Å². The Kier molecular flexibility index (Phi) is 1.89. The van der Waals surface area contributed by atoms with E-state index < -0.39 is 0 Å². The van der Waals surface area contributed by atoms with E-state index in [0.717, 1.165) is 5.69 Å². The Morgan fingerprint density at radius 3 is 2.58 bits per heavy atom. The van der Waals surface area contributed by atoms with Crippen LogP contribution in [0.15, 0.2) is 6.07 Å².